The first-order valence-corrected chi connectivity index (χ1v) is 23.3. The predicted molar refractivity (Wildman–Crippen MR) is 220 cm³/mol. The van der Waals surface area contributed by atoms with Gasteiger partial charge in [0.25, 0.3) is 0 Å². The van der Waals surface area contributed by atoms with Crippen molar-refractivity contribution in [3.8, 4) is 0 Å². The first-order chi connectivity index (χ1) is 31.9. The third-order valence-corrected chi connectivity index (χ3v) is 14.8. The number of aliphatic hydroxyl groups is 16. The van der Waals surface area contributed by atoms with Crippen LogP contribution >= 0.6 is 0 Å². The topological polar surface area (TPSA) is 387 Å². The highest BCUT2D eigenvalue weighted by molar-refractivity contribution is 5.81. The average Bonchev–Trinajstić information content (AvgIpc) is 3.31. The van der Waals surface area contributed by atoms with Crippen molar-refractivity contribution in [1.82, 2.24) is 0 Å². The summed E-state index contributed by atoms with van der Waals surface area (Å²) in [5, 5.41) is 149. The number of esters is 1. The van der Waals surface area contributed by atoms with Crippen molar-refractivity contribution in [2.45, 2.75) is 205 Å². The standard InChI is InChI=1S/C43H70O24/c1-59-25-8-16(2-5-21(25)48)3-7-30(50)60-15-29-33(53)36(56)40(67-42-38(58)35(55)32(52)28(14-45)65-42)43(66-29)63-26-12-19-23(61-39(26)17-4-6-20(47)22(49)9-17)10-18(46)11-24(19)62-41-37(57)34(54)31(51)27(13-44)64-41/h3,7,16-29,31-49,51-58H,2,4-6,8-15H2,1H3/p+1. The maximum Gasteiger partial charge on any atom is 0.330 e. The summed E-state index contributed by atoms with van der Waals surface area (Å²) in [6, 6.07) is 0. The first kappa shape index (κ1) is 53.1. The summed E-state index contributed by atoms with van der Waals surface area (Å²) in [5.74, 6) is -1.99. The minimum absolute atomic E-state index is 0.0113. The van der Waals surface area contributed by atoms with E-state index in [2.05, 4.69) is 0 Å². The van der Waals surface area contributed by atoms with Crippen LogP contribution in [-0.2, 0) is 42.7 Å². The first-order valence-electron chi connectivity index (χ1n) is 23.3. The Morgan fingerprint density at radius 2 is 1.18 bits per heavy atom. The highest BCUT2D eigenvalue weighted by Gasteiger charge is 2.58. The van der Waals surface area contributed by atoms with Crippen LogP contribution in [0.2, 0.25) is 0 Å². The maximum atomic E-state index is 13.0. The fourth-order valence-electron chi connectivity index (χ4n) is 10.8. The number of rotatable bonds is 14. The van der Waals surface area contributed by atoms with E-state index in [1.807, 2.05) is 0 Å². The van der Waals surface area contributed by atoms with Crippen molar-refractivity contribution in [1.29, 1.82) is 0 Å². The number of methoxy groups -OCH3 is 1. The molecule has 7 fully saturated rings. The Bertz CT molecular complexity index is 1590. The van der Waals surface area contributed by atoms with Crippen molar-refractivity contribution in [3.05, 3.63) is 12.2 Å². The number of carbonyl (C=O) groups excluding carboxylic acids is 1. The number of carbonyl (C=O) groups is 1. The molecule has 7 aliphatic rings. The van der Waals surface area contributed by atoms with E-state index in [1.54, 1.807) is 6.08 Å². The van der Waals surface area contributed by atoms with Crippen LogP contribution < -0.4 is 0 Å². The van der Waals surface area contributed by atoms with E-state index in [0.29, 0.717) is 25.7 Å². The van der Waals surface area contributed by atoms with Gasteiger partial charge in [-0.05, 0) is 50.9 Å². The van der Waals surface area contributed by atoms with Crippen LogP contribution in [0.1, 0.15) is 57.8 Å². The summed E-state index contributed by atoms with van der Waals surface area (Å²) in [5.41, 5.74) is 0. The minimum Gasteiger partial charge on any atom is -0.460 e. The Morgan fingerprint density at radius 3 is 1.81 bits per heavy atom. The summed E-state index contributed by atoms with van der Waals surface area (Å²) < 4.78 is 52.4. The molecule has 24 heteroatoms. The molecule has 0 aromatic carbocycles. The smallest absolute Gasteiger partial charge is 0.330 e. The molecule has 0 amide bonds. The number of hydrogen-bond acceptors (Lipinski definition) is 23. The lowest BCUT2D eigenvalue weighted by molar-refractivity contribution is -0.390. The largest absolute Gasteiger partial charge is 0.460 e. The molecule has 7 rings (SSSR count). The van der Waals surface area contributed by atoms with E-state index >= 15 is 0 Å². The zero-order chi connectivity index (χ0) is 48.4. The van der Waals surface area contributed by atoms with Gasteiger partial charge in [0.05, 0.1) is 55.8 Å². The molecule has 27 atom stereocenters. The van der Waals surface area contributed by atoms with Gasteiger partial charge in [0.1, 0.15) is 86.0 Å². The lowest BCUT2D eigenvalue weighted by Gasteiger charge is -2.50. The molecular weight excluding hydrogens is 900 g/mol. The lowest BCUT2D eigenvalue weighted by Crippen LogP contribution is -2.66. The normalized spacial score (nSPS) is 51.0. The Balaban J connectivity index is 1.15. The van der Waals surface area contributed by atoms with E-state index in [9.17, 15) is 76.3 Å². The van der Waals surface area contributed by atoms with Gasteiger partial charge in [-0.2, -0.15) is 0 Å². The van der Waals surface area contributed by atoms with Crippen LogP contribution in [0.25, 0.3) is 0 Å². The molecule has 3 saturated carbocycles. The second kappa shape index (κ2) is 23.3. The van der Waals surface area contributed by atoms with Gasteiger partial charge < -0.3 is 114 Å². The van der Waals surface area contributed by atoms with Crippen LogP contribution in [0.5, 0.6) is 0 Å². The highest BCUT2D eigenvalue weighted by atomic mass is 16.8. The molecule has 0 aromatic heterocycles. The quantitative estimate of drug-likeness (QED) is 0.0437. The molecule has 4 saturated heterocycles. The lowest BCUT2D eigenvalue weighted by atomic mass is 9.72. The van der Waals surface area contributed by atoms with Crippen LogP contribution in [0.15, 0.2) is 12.2 Å². The van der Waals surface area contributed by atoms with Crippen molar-refractivity contribution < 1.29 is 119 Å². The molecule has 27 unspecified atom stereocenters. The Morgan fingerprint density at radius 1 is 0.582 bits per heavy atom. The van der Waals surface area contributed by atoms with Gasteiger partial charge in [-0.15, -0.1) is 0 Å². The summed E-state index contributed by atoms with van der Waals surface area (Å²) >= 11 is 0. The summed E-state index contributed by atoms with van der Waals surface area (Å²) in [6.45, 7) is -2.15. The molecule has 0 spiro atoms. The maximum absolute atomic E-state index is 13.0. The third kappa shape index (κ3) is 12.0. The van der Waals surface area contributed by atoms with Crippen molar-refractivity contribution >= 4 is 5.97 Å². The van der Waals surface area contributed by atoms with Gasteiger partial charge >= 0.3 is 5.97 Å². The van der Waals surface area contributed by atoms with E-state index in [1.165, 1.54) is 13.2 Å². The van der Waals surface area contributed by atoms with Gasteiger partial charge in [0.15, 0.2) is 31.1 Å². The summed E-state index contributed by atoms with van der Waals surface area (Å²) in [6.07, 6.45) is -28.1. The van der Waals surface area contributed by atoms with Crippen molar-refractivity contribution in [2.24, 2.45) is 17.8 Å². The molecule has 3 aliphatic carbocycles. The van der Waals surface area contributed by atoms with Gasteiger partial charge in [-0.1, -0.05) is 6.08 Å². The number of aliphatic hydroxyl groups excluding tert-OH is 14. The molecule has 0 bridgehead atoms. The Hall–Kier alpha value is -1.67. The molecule has 0 aromatic rings. The second-order valence-electron chi connectivity index (χ2n) is 19.2. The van der Waals surface area contributed by atoms with Crippen molar-refractivity contribution in [2.75, 3.05) is 26.9 Å². The number of ether oxygens (including phenoxy) is 9. The molecular formula is C43H71O24+. The Kier molecular flexibility index (Phi) is 18.4. The van der Waals surface area contributed by atoms with Gasteiger partial charge in [-0.25, -0.2) is 4.79 Å². The SMILES string of the molecule is COC1CC(C=CC(=O)OCC2OC(OC3CC4C(OC5OC(CO)C(O)C(O)C5O)CC(O)CC4[OH+]C3C3CCC(O)C(O)C3)C(OC3OC(CO)C(O)C(O)C3O)C(O)C2O)CCC1O. The molecule has 0 radical (unpaired) electrons. The number of hydrogen-bond donors (Lipinski definition) is 14. The monoisotopic (exact) mass is 971 g/mol. The average molecular weight is 972 g/mol. The summed E-state index contributed by atoms with van der Waals surface area (Å²) in [7, 11) is 1.49. The van der Waals surface area contributed by atoms with Crippen molar-refractivity contribution in [3.63, 3.8) is 0 Å². The van der Waals surface area contributed by atoms with E-state index < -0.39 is 185 Å². The van der Waals surface area contributed by atoms with Gasteiger partial charge in [0, 0.05) is 31.9 Å². The third-order valence-electron chi connectivity index (χ3n) is 14.8. The molecule has 386 valence electrons. The second-order valence-corrected chi connectivity index (χ2v) is 19.2. The van der Waals surface area contributed by atoms with E-state index in [0.717, 1.165) is 0 Å². The van der Waals surface area contributed by atoms with Crippen LogP contribution in [0.4, 0.5) is 0 Å². The zero-order valence-electron chi connectivity index (χ0n) is 37.1. The van der Waals surface area contributed by atoms with Crippen LogP contribution in [0.3, 0.4) is 0 Å². The fourth-order valence-corrected chi connectivity index (χ4v) is 10.8. The molecule has 24 nitrogen and oxygen atoms in total. The number of allylic oxidation sites excluding steroid dienone is 1. The zero-order valence-corrected chi connectivity index (χ0v) is 37.1. The van der Waals surface area contributed by atoms with Gasteiger partial charge in [0.2, 0.25) is 0 Å². The van der Waals surface area contributed by atoms with Crippen LogP contribution in [-0.4, -0.2) is 256 Å². The minimum atomic E-state index is -1.96. The fraction of sp³-hybridized carbons (Fsp3) is 0.930. The van der Waals surface area contributed by atoms with E-state index in [4.69, 9.17) is 42.6 Å². The summed E-state index contributed by atoms with van der Waals surface area (Å²) in [4.78, 5) is 13.0. The van der Waals surface area contributed by atoms with E-state index in [-0.39, 0.29) is 38.0 Å². The molecule has 67 heavy (non-hydrogen) atoms. The van der Waals surface area contributed by atoms with Crippen LogP contribution in [0, 0.1) is 17.8 Å². The molecule has 4 aliphatic heterocycles. The predicted octanol–water partition coefficient (Wildman–Crippen LogP) is -6.57. The van der Waals surface area contributed by atoms with Gasteiger partial charge in [-0.3, -0.25) is 0 Å². The molecule has 15 N–H and O–H groups in total. The number of fused-ring (bicyclic) bond motifs is 1. The highest BCUT2D eigenvalue weighted by Crippen LogP contribution is 2.44. The Labute approximate surface area is 386 Å². The molecule has 4 heterocycles.